The van der Waals surface area contributed by atoms with Gasteiger partial charge >= 0.3 is 0 Å². The lowest BCUT2D eigenvalue weighted by Crippen LogP contribution is -1.99. The van der Waals surface area contributed by atoms with E-state index in [4.69, 9.17) is 5.73 Å². The molecule has 0 atom stereocenters. The predicted octanol–water partition coefficient (Wildman–Crippen LogP) is 1.32. The van der Waals surface area contributed by atoms with Gasteiger partial charge in [0.05, 0.1) is 11.1 Å². The van der Waals surface area contributed by atoms with Crippen LogP contribution in [0.2, 0.25) is 0 Å². The summed E-state index contributed by atoms with van der Waals surface area (Å²) < 4.78 is 1.72. The van der Waals surface area contributed by atoms with Gasteiger partial charge in [0, 0.05) is 25.0 Å². The normalized spacial score (nSPS) is 11.0. The summed E-state index contributed by atoms with van der Waals surface area (Å²) in [5.41, 5.74) is 8.46. The fourth-order valence-corrected chi connectivity index (χ4v) is 2.00. The predicted molar refractivity (Wildman–Crippen MR) is 68.7 cm³/mol. The molecular weight excluding hydrogens is 228 g/mol. The number of fused-ring (bicyclic) bond motifs is 1. The number of hydrogen-bond acceptors (Lipinski definition) is 5. The van der Waals surface area contributed by atoms with Crippen LogP contribution in [0.4, 0.5) is 5.82 Å². The minimum absolute atomic E-state index is 0.456. The quantitative estimate of drug-likeness (QED) is 0.693. The highest BCUT2D eigenvalue weighted by molar-refractivity contribution is 5.89. The summed E-state index contributed by atoms with van der Waals surface area (Å²) >= 11 is 0. The van der Waals surface area contributed by atoms with Crippen molar-refractivity contribution in [2.24, 2.45) is 7.05 Å². The Kier molecular flexibility index (Phi) is 2.22. The van der Waals surface area contributed by atoms with Gasteiger partial charge in [-0.15, -0.1) is 0 Å². The van der Waals surface area contributed by atoms with E-state index in [1.54, 1.807) is 17.1 Å². The van der Waals surface area contributed by atoms with E-state index in [9.17, 15) is 0 Å². The smallest absolute Gasteiger partial charge is 0.164 e. The molecule has 0 aromatic carbocycles. The monoisotopic (exact) mass is 240 g/mol. The molecule has 0 spiro atoms. The Morgan fingerprint density at radius 2 is 1.89 bits per heavy atom. The standard InChI is InChI=1S/C12H12N6/c1-7-9-10(13)15-11(8-3-5-14-6-4-8)16-12(9)18(2)17-7/h3-6H,1-2H3,(H2,13,15,16). The lowest BCUT2D eigenvalue weighted by molar-refractivity contribution is 0.773. The molecule has 6 heteroatoms. The Morgan fingerprint density at radius 3 is 2.61 bits per heavy atom. The van der Waals surface area contributed by atoms with E-state index in [2.05, 4.69) is 20.1 Å². The van der Waals surface area contributed by atoms with Gasteiger partial charge in [-0.25, -0.2) is 9.97 Å². The van der Waals surface area contributed by atoms with Crippen molar-refractivity contribution in [1.29, 1.82) is 0 Å². The van der Waals surface area contributed by atoms with Crippen LogP contribution in [-0.2, 0) is 7.05 Å². The lowest BCUT2D eigenvalue weighted by atomic mass is 10.2. The van der Waals surface area contributed by atoms with Crippen molar-refractivity contribution in [1.82, 2.24) is 24.7 Å². The molecule has 90 valence electrons. The van der Waals surface area contributed by atoms with Crippen molar-refractivity contribution in [3.05, 3.63) is 30.2 Å². The molecular formula is C12H12N6. The van der Waals surface area contributed by atoms with Gasteiger partial charge < -0.3 is 5.73 Å². The third-order valence-electron chi connectivity index (χ3n) is 2.82. The van der Waals surface area contributed by atoms with Gasteiger partial charge in [0.1, 0.15) is 5.82 Å². The summed E-state index contributed by atoms with van der Waals surface area (Å²) in [7, 11) is 1.85. The number of pyridine rings is 1. The van der Waals surface area contributed by atoms with Crippen LogP contribution in [-0.4, -0.2) is 24.7 Å². The largest absolute Gasteiger partial charge is 0.383 e. The van der Waals surface area contributed by atoms with Gasteiger partial charge in [0.15, 0.2) is 11.5 Å². The van der Waals surface area contributed by atoms with Crippen molar-refractivity contribution < 1.29 is 0 Å². The van der Waals surface area contributed by atoms with Gasteiger partial charge in [-0.2, -0.15) is 5.10 Å². The molecule has 0 fully saturated rings. The Morgan fingerprint density at radius 1 is 1.17 bits per heavy atom. The van der Waals surface area contributed by atoms with E-state index in [0.717, 1.165) is 22.3 Å². The second kappa shape index (κ2) is 3.76. The van der Waals surface area contributed by atoms with Crippen molar-refractivity contribution in [3.63, 3.8) is 0 Å². The van der Waals surface area contributed by atoms with Crippen LogP contribution in [0.15, 0.2) is 24.5 Å². The maximum absolute atomic E-state index is 5.99. The molecule has 3 rings (SSSR count). The number of anilines is 1. The van der Waals surface area contributed by atoms with Crippen LogP contribution >= 0.6 is 0 Å². The summed E-state index contributed by atoms with van der Waals surface area (Å²) in [6.07, 6.45) is 3.40. The average molecular weight is 240 g/mol. The first-order valence-electron chi connectivity index (χ1n) is 5.54. The van der Waals surface area contributed by atoms with Gasteiger partial charge in [-0.3, -0.25) is 9.67 Å². The second-order valence-corrected chi connectivity index (χ2v) is 4.08. The summed E-state index contributed by atoms with van der Waals surface area (Å²) in [5.74, 6) is 1.04. The molecule has 3 aromatic rings. The number of nitrogens with zero attached hydrogens (tertiary/aromatic N) is 5. The molecule has 0 radical (unpaired) electrons. The van der Waals surface area contributed by atoms with Gasteiger partial charge in [-0.1, -0.05) is 0 Å². The molecule has 0 saturated heterocycles. The van der Waals surface area contributed by atoms with Crippen LogP contribution in [0.1, 0.15) is 5.69 Å². The maximum atomic E-state index is 5.99. The molecule has 3 aromatic heterocycles. The van der Waals surface area contributed by atoms with Crippen molar-refractivity contribution in [3.8, 4) is 11.4 Å². The summed E-state index contributed by atoms with van der Waals surface area (Å²) in [5, 5.41) is 5.12. The number of nitrogen functional groups attached to an aromatic ring is 1. The Labute approximate surface area is 104 Å². The Bertz CT molecular complexity index is 716. The number of nitrogens with two attached hydrogens (primary N) is 1. The molecule has 18 heavy (non-hydrogen) atoms. The highest BCUT2D eigenvalue weighted by Crippen LogP contribution is 2.24. The number of aromatic nitrogens is 5. The van der Waals surface area contributed by atoms with Crippen molar-refractivity contribution in [2.45, 2.75) is 6.92 Å². The zero-order chi connectivity index (χ0) is 12.7. The van der Waals surface area contributed by atoms with Crippen LogP contribution < -0.4 is 5.73 Å². The Hall–Kier alpha value is -2.50. The molecule has 6 nitrogen and oxygen atoms in total. The third kappa shape index (κ3) is 1.50. The number of aryl methyl sites for hydroxylation is 2. The van der Waals surface area contributed by atoms with Crippen LogP contribution in [0.5, 0.6) is 0 Å². The topological polar surface area (TPSA) is 82.5 Å². The highest BCUT2D eigenvalue weighted by Gasteiger charge is 2.13. The van der Waals surface area contributed by atoms with E-state index in [-0.39, 0.29) is 0 Å². The molecule has 0 bridgehead atoms. The minimum atomic E-state index is 0.456. The van der Waals surface area contributed by atoms with E-state index in [0.29, 0.717) is 11.6 Å². The molecule has 3 heterocycles. The fraction of sp³-hybridized carbons (Fsp3) is 0.167. The van der Waals surface area contributed by atoms with Gasteiger partial charge in [0.25, 0.3) is 0 Å². The number of hydrogen-bond donors (Lipinski definition) is 1. The SMILES string of the molecule is Cc1nn(C)c2nc(-c3ccncc3)nc(N)c12. The van der Waals surface area contributed by atoms with Gasteiger partial charge in [0.2, 0.25) is 0 Å². The zero-order valence-corrected chi connectivity index (χ0v) is 10.1. The van der Waals surface area contributed by atoms with E-state index >= 15 is 0 Å². The second-order valence-electron chi connectivity index (χ2n) is 4.08. The van der Waals surface area contributed by atoms with Crippen molar-refractivity contribution in [2.75, 3.05) is 5.73 Å². The minimum Gasteiger partial charge on any atom is -0.383 e. The summed E-state index contributed by atoms with van der Waals surface area (Å²) in [6.45, 7) is 1.90. The molecule has 0 amide bonds. The third-order valence-corrected chi connectivity index (χ3v) is 2.82. The molecule has 2 N–H and O–H groups in total. The van der Waals surface area contributed by atoms with Crippen LogP contribution in [0.3, 0.4) is 0 Å². The van der Waals surface area contributed by atoms with E-state index < -0.39 is 0 Å². The first kappa shape index (κ1) is 10.6. The highest BCUT2D eigenvalue weighted by atomic mass is 15.3. The van der Waals surface area contributed by atoms with Gasteiger partial charge in [-0.05, 0) is 19.1 Å². The van der Waals surface area contributed by atoms with Crippen LogP contribution in [0, 0.1) is 6.92 Å². The van der Waals surface area contributed by atoms with Crippen molar-refractivity contribution >= 4 is 16.9 Å². The maximum Gasteiger partial charge on any atom is 0.164 e. The molecule has 0 unspecified atom stereocenters. The Balaban J connectivity index is 2.31. The fourth-order valence-electron chi connectivity index (χ4n) is 2.00. The first-order chi connectivity index (χ1) is 8.66. The molecule has 0 aliphatic carbocycles. The van der Waals surface area contributed by atoms with E-state index in [1.807, 2.05) is 26.1 Å². The van der Waals surface area contributed by atoms with E-state index in [1.165, 1.54) is 0 Å². The summed E-state index contributed by atoms with van der Waals surface area (Å²) in [6, 6.07) is 3.70. The van der Waals surface area contributed by atoms with Crippen LogP contribution in [0.25, 0.3) is 22.4 Å². The summed E-state index contributed by atoms with van der Waals surface area (Å²) in [4.78, 5) is 12.8. The number of rotatable bonds is 1. The zero-order valence-electron chi connectivity index (χ0n) is 10.1. The lowest BCUT2D eigenvalue weighted by Gasteiger charge is -2.03. The molecule has 0 aliphatic rings. The molecule has 0 aliphatic heterocycles. The molecule has 0 saturated carbocycles. The average Bonchev–Trinajstić information content (AvgIpc) is 2.66. The first-order valence-corrected chi connectivity index (χ1v) is 5.54.